The summed E-state index contributed by atoms with van der Waals surface area (Å²) < 4.78 is 11.7. The number of nitrogens with two attached hydrogens (primary N) is 1. The molecule has 20 heavy (non-hydrogen) atoms. The van der Waals surface area contributed by atoms with E-state index in [1.165, 1.54) is 16.7 Å². The van der Waals surface area contributed by atoms with Crippen molar-refractivity contribution in [3.05, 3.63) is 28.8 Å². The van der Waals surface area contributed by atoms with Crippen LogP contribution in [0.4, 0.5) is 0 Å². The third-order valence-corrected chi connectivity index (χ3v) is 3.71. The highest BCUT2D eigenvalue weighted by Gasteiger charge is 2.19. The predicted octanol–water partition coefficient (Wildman–Crippen LogP) is 1.51. The predicted molar refractivity (Wildman–Crippen MR) is 81.4 cm³/mol. The molecule has 0 saturated carbocycles. The smallest absolute Gasteiger partial charge is 0.125 e. The van der Waals surface area contributed by atoms with Crippen LogP contribution in [0.15, 0.2) is 12.1 Å². The standard InChI is InChI=1S/C16H26N2O2/c1-12-8-14(4-5-17)9-13(2)16(12)20-11-15-10-18(3)6-7-19-15/h8-9,15H,4-7,10-11,17H2,1-3H3. The summed E-state index contributed by atoms with van der Waals surface area (Å²) in [5, 5.41) is 0. The molecule has 0 aromatic heterocycles. The van der Waals surface area contributed by atoms with Gasteiger partial charge in [-0.3, -0.25) is 0 Å². The number of morpholine rings is 1. The summed E-state index contributed by atoms with van der Waals surface area (Å²) >= 11 is 0. The molecule has 2 rings (SSSR count). The Labute approximate surface area is 121 Å². The molecule has 2 N–H and O–H groups in total. The van der Waals surface area contributed by atoms with Crippen LogP contribution in [0.5, 0.6) is 5.75 Å². The third kappa shape index (κ3) is 3.95. The van der Waals surface area contributed by atoms with Gasteiger partial charge in [0.15, 0.2) is 0 Å². The zero-order valence-electron chi connectivity index (χ0n) is 12.8. The second-order valence-electron chi connectivity index (χ2n) is 5.66. The van der Waals surface area contributed by atoms with Crippen LogP contribution < -0.4 is 10.5 Å². The second kappa shape index (κ2) is 7.07. The molecular weight excluding hydrogens is 252 g/mol. The van der Waals surface area contributed by atoms with E-state index < -0.39 is 0 Å². The van der Waals surface area contributed by atoms with Gasteiger partial charge in [0.05, 0.1) is 6.61 Å². The molecule has 1 aliphatic rings. The quantitative estimate of drug-likeness (QED) is 0.887. The van der Waals surface area contributed by atoms with Crippen molar-refractivity contribution in [1.29, 1.82) is 0 Å². The fraction of sp³-hybridized carbons (Fsp3) is 0.625. The topological polar surface area (TPSA) is 47.7 Å². The van der Waals surface area contributed by atoms with Crippen molar-refractivity contribution in [2.45, 2.75) is 26.4 Å². The number of ether oxygens (including phenoxy) is 2. The maximum Gasteiger partial charge on any atom is 0.125 e. The molecule has 0 amide bonds. The molecular formula is C16H26N2O2. The molecule has 0 spiro atoms. The number of hydrogen-bond donors (Lipinski definition) is 1. The average molecular weight is 278 g/mol. The maximum atomic E-state index is 6.01. The molecule has 1 aromatic rings. The Kier molecular flexibility index (Phi) is 5.40. The van der Waals surface area contributed by atoms with E-state index in [4.69, 9.17) is 15.2 Å². The van der Waals surface area contributed by atoms with Gasteiger partial charge in [0.2, 0.25) is 0 Å². The van der Waals surface area contributed by atoms with Gasteiger partial charge in [-0.2, -0.15) is 0 Å². The Bertz CT molecular complexity index is 425. The molecule has 0 aliphatic carbocycles. The highest BCUT2D eigenvalue weighted by atomic mass is 16.5. The summed E-state index contributed by atoms with van der Waals surface area (Å²) in [6.07, 6.45) is 1.08. The van der Waals surface area contributed by atoms with Gasteiger partial charge in [-0.05, 0) is 50.6 Å². The van der Waals surface area contributed by atoms with E-state index >= 15 is 0 Å². The van der Waals surface area contributed by atoms with E-state index in [-0.39, 0.29) is 6.10 Å². The van der Waals surface area contributed by atoms with Crippen molar-refractivity contribution < 1.29 is 9.47 Å². The van der Waals surface area contributed by atoms with Crippen LogP contribution in [0.3, 0.4) is 0 Å². The van der Waals surface area contributed by atoms with Crippen LogP contribution in [-0.4, -0.2) is 50.9 Å². The minimum atomic E-state index is 0.163. The highest BCUT2D eigenvalue weighted by molar-refractivity contribution is 5.43. The molecule has 1 fully saturated rings. The molecule has 4 heteroatoms. The zero-order valence-corrected chi connectivity index (χ0v) is 12.8. The largest absolute Gasteiger partial charge is 0.490 e. The van der Waals surface area contributed by atoms with Gasteiger partial charge in [0, 0.05) is 13.1 Å². The van der Waals surface area contributed by atoms with Crippen LogP contribution in [-0.2, 0) is 11.2 Å². The van der Waals surface area contributed by atoms with Crippen LogP contribution >= 0.6 is 0 Å². The van der Waals surface area contributed by atoms with Crippen LogP contribution in [0.1, 0.15) is 16.7 Å². The molecule has 1 saturated heterocycles. The number of hydrogen-bond acceptors (Lipinski definition) is 4. The van der Waals surface area contributed by atoms with E-state index in [0.717, 1.165) is 31.9 Å². The molecule has 1 atom stereocenters. The monoisotopic (exact) mass is 278 g/mol. The van der Waals surface area contributed by atoms with Gasteiger partial charge in [-0.15, -0.1) is 0 Å². The minimum absolute atomic E-state index is 0.163. The van der Waals surface area contributed by atoms with Gasteiger partial charge in [-0.25, -0.2) is 0 Å². The van der Waals surface area contributed by atoms with Gasteiger partial charge in [0.25, 0.3) is 0 Å². The van der Waals surface area contributed by atoms with E-state index in [0.29, 0.717) is 13.2 Å². The van der Waals surface area contributed by atoms with Gasteiger partial charge < -0.3 is 20.1 Å². The fourth-order valence-electron chi connectivity index (χ4n) is 2.72. The molecule has 0 bridgehead atoms. The summed E-state index contributed by atoms with van der Waals surface area (Å²) in [6.45, 7) is 8.21. The number of benzene rings is 1. The summed E-state index contributed by atoms with van der Waals surface area (Å²) in [6, 6.07) is 4.34. The number of rotatable bonds is 5. The summed E-state index contributed by atoms with van der Waals surface area (Å²) in [5.74, 6) is 0.989. The van der Waals surface area contributed by atoms with Gasteiger partial charge in [0.1, 0.15) is 18.5 Å². The van der Waals surface area contributed by atoms with E-state index in [2.05, 4.69) is 37.9 Å². The first-order valence-corrected chi connectivity index (χ1v) is 7.33. The van der Waals surface area contributed by atoms with Crippen molar-refractivity contribution in [3.8, 4) is 5.75 Å². The van der Waals surface area contributed by atoms with E-state index in [1.807, 2.05) is 0 Å². The number of likely N-dealkylation sites (N-methyl/N-ethyl adjacent to an activating group) is 1. The van der Waals surface area contributed by atoms with Crippen molar-refractivity contribution in [1.82, 2.24) is 4.90 Å². The van der Waals surface area contributed by atoms with Crippen molar-refractivity contribution in [3.63, 3.8) is 0 Å². The highest BCUT2D eigenvalue weighted by Crippen LogP contribution is 2.25. The number of aryl methyl sites for hydroxylation is 2. The first-order chi connectivity index (χ1) is 9.60. The second-order valence-corrected chi connectivity index (χ2v) is 5.66. The molecule has 1 aromatic carbocycles. The lowest BCUT2D eigenvalue weighted by molar-refractivity contribution is -0.0405. The Morgan fingerprint density at radius 1 is 1.35 bits per heavy atom. The van der Waals surface area contributed by atoms with Gasteiger partial charge in [-0.1, -0.05) is 12.1 Å². The summed E-state index contributed by atoms with van der Waals surface area (Å²) in [7, 11) is 2.12. The Hall–Kier alpha value is -1.10. The zero-order chi connectivity index (χ0) is 14.5. The van der Waals surface area contributed by atoms with E-state index in [1.54, 1.807) is 0 Å². The van der Waals surface area contributed by atoms with Crippen LogP contribution in [0.25, 0.3) is 0 Å². The van der Waals surface area contributed by atoms with Crippen LogP contribution in [0, 0.1) is 13.8 Å². The molecule has 1 aliphatic heterocycles. The molecule has 4 nitrogen and oxygen atoms in total. The first-order valence-electron chi connectivity index (χ1n) is 7.33. The Morgan fingerprint density at radius 2 is 2.05 bits per heavy atom. The van der Waals surface area contributed by atoms with Gasteiger partial charge >= 0.3 is 0 Å². The lowest BCUT2D eigenvalue weighted by atomic mass is 10.0. The first kappa shape index (κ1) is 15.3. The molecule has 1 unspecified atom stereocenters. The molecule has 0 radical (unpaired) electrons. The molecule has 1 heterocycles. The Morgan fingerprint density at radius 3 is 2.65 bits per heavy atom. The lowest BCUT2D eigenvalue weighted by Crippen LogP contribution is -2.42. The van der Waals surface area contributed by atoms with Crippen molar-refractivity contribution in [2.75, 3.05) is 39.9 Å². The normalized spacial score (nSPS) is 20.1. The summed E-state index contributed by atoms with van der Waals surface area (Å²) in [4.78, 5) is 2.28. The number of nitrogens with zero attached hydrogens (tertiary/aromatic N) is 1. The third-order valence-electron chi connectivity index (χ3n) is 3.71. The SMILES string of the molecule is Cc1cc(CCN)cc(C)c1OCC1CN(C)CCO1. The summed E-state index contributed by atoms with van der Waals surface area (Å²) in [5.41, 5.74) is 9.25. The molecule has 112 valence electrons. The Balaban J connectivity index is 1.98. The van der Waals surface area contributed by atoms with E-state index in [9.17, 15) is 0 Å². The maximum absolute atomic E-state index is 6.01. The lowest BCUT2D eigenvalue weighted by Gasteiger charge is -2.30. The fourth-order valence-corrected chi connectivity index (χ4v) is 2.72. The van der Waals surface area contributed by atoms with Crippen LogP contribution in [0.2, 0.25) is 0 Å². The van der Waals surface area contributed by atoms with Crippen molar-refractivity contribution in [2.24, 2.45) is 5.73 Å². The van der Waals surface area contributed by atoms with Crippen molar-refractivity contribution >= 4 is 0 Å². The average Bonchev–Trinajstić information content (AvgIpc) is 2.38. The minimum Gasteiger partial charge on any atom is -0.490 e.